The summed E-state index contributed by atoms with van der Waals surface area (Å²) in [6.45, 7) is 0. The second kappa shape index (κ2) is 2.88. The average Bonchev–Trinajstić information content (AvgIpc) is 2.77. The standard InChI is InChI=1S/C9H5FN4O/c10-6-4-2-1-3-5(6)7-11-8-9(12-7)14-15-13-8/h1-4H,(H,11,12,13,14). The van der Waals surface area contributed by atoms with Gasteiger partial charge in [0.15, 0.2) is 0 Å². The van der Waals surface area contributed by atoms with Crippen LogP contribution in [0.4, 0.5) is 4.39 Å². The van der Waals surface area contributed by atoms with Gasteiger partial charge in [-0.3, -0.25) is 0 Å². The molecule has 0 spiro atoms. The molecular weight excluding hydrogens is 199 g/mol. The SMILES string of the molecule is Fc1ccccc1-c1nc2nonc2[nH]1. The molecular formula is C9H5FN4O. The first-order valence-electron chi connectivity index (χ1n) is 4.28. The quantitative estimate of drug-likeness (QED) is 0.655. The first-order valence-corrected chi connectivity index (χ1v) is 4.28. The normalized spacial score (nSPS) is 11.0. The van der Waals surface area contributed by atoms with Crippen LogP contribution in [-0.4, -0.2) is 20.3 Å². The Balaban J connectivity index is 2.22. The third-order valence-electron chi connectivity index (χ3n) is 2.05. The van der Waals surface area contributed by atoms with Gasteiger partial charge in [-0.1, -0.05) is 12.1 Å². The average molecular weight is 204 g/mol. The van der Waals surface area contributed by atoms with Crippen LogP contribution in [0.2, 0.25) is 0 Å². The molecule has 0 aliphatic heterocycles. The molecule has 0 aliphatic carbocycles. The minimum absolute atomic E-state index is 0.341. The van der Waals surface area contributed by atoms with E-state index < -0.39 is 0 Å². The minimum atomic E-state index is -0.342. The van der Waals surface area contributed by atoms with Crippen LogP contribution in [0.25, 0.3) is 22.7 Å². The van der Waals surface area contributed by atoms with Gasteiger partial charge in [0.2, 0.25) is 11.3 Å². The Bertz CT molecular complexity index is 587. The second-order valence-corrected chi connectivity index (χ2v) is 3.00. The monoisotopic (exact) mass is 204 g/mol. The van der Waals surface area contributed by atoms with E-state index in [0.717, 1.165) is 0 Å². The van der Waals surface area contributed by atoms with Gasteiger partial charge >= 0.3 is 0 Å². The summed E-state index contributed by atoms with van der Waals surface area (Å²) in [6.07, 6.45) is 0. The zero-order valence-electron chi connectivity index (χ0n) is 7.44. The Kier molecular flexibility index (Phi) is 1.55. The molecule has 5 nitrogen and oxygen atoms in total. The van der Waals surface area contributed by atoms with E-state index in [4.69, 9.17) is 0 Å². The highest BCUT2D eigenvalue weighted by atomic mass is 19.1. The summed E-state index contributed by atoms with van der Waals surface area (Å²) in [5.74, 6) is 0.0553. The van der Waals surface area contributed by atoms with Gasteiger partial charge in [-0.2, -0.15) is 0 Å². The van der Waals surface area contributed by atoms with Gasteiger partial charge < -0.3 is 4.98 Å². The summed E-state index contributed by atoms with van der Waals surface area (Å²) in [7, 11) is 0. The lowest BCUT2D eigenvalue weighted by Gasteiger charge is -1.96. The first kappa shape index (κ1) is 8.10. The molecule has 74 valence electrons. The summed E-state index contributed by atoms with van der Waals surface area (Å²) in [5.41, 5.74) is 1.14. The van der Waals surface area contributed by atoms with E-state index in [1.165, 1.54) is 6.07 Å². The lowest BCUT2D eigenvalue weighted by Crippen LogP contribution is -1.85. The Labute approximate surface area is 82.9 Å². The fraction of sp³-hybridized carbons (Fsp3) is 0. The number of nitrogens with one attached hydrogen (secondary N) is 1. The molecule has 0 radical (unpaired) electrons. The molecule has 3 aromatic rings. The smallest absolute Gasteiger partial charge is 0.243 e. The van der Waals surface area contributed by atoms with E-state index in [9.17, 15) is 4.39 Å². The first-order chi connectivity index (χ1) is 7.34. The van der Waals surface area contributed by atoms with Crippen molar-refractivity contribution in [3.63, 3.8) is 0 Å². The molecule has 3 rings (SSSR count). The van der Waals surface area contributed by atoms with Crippen LogP contribution in [0.5, 0.6) is 0 Å². The van der Waals surface area contributed by atoms with Gasteiger partial charge in [0.05, 0.1) is 5.56 Å². The van der Waals surface area contributed by atoms with Crippen molar-refractivity contribution >= 4 is 11.3 Å². The maximum absolute atomic E-state index is 13.4. The van der Waals surface area contributed by atoms with Gasteiger partial charge in [0.25, 0.3) is 0 Å². The third-order valence-corrected chi connectivity index (χ3v) is 2.05. The number of aromatic nitrogens is 4. The van der Waals surface area contributed by atoms with Crippen LogP contribution < -0.4 is 0 Å². The van der Waals surface area contributed by atoms with E-state index >= 15 is 0 Å². The molecule has 0 fully saturated rings. The lowest BCUT2D eigenvalue weighted by atomic mass is 10.2. The molecule has 0 unspecified atom stereocenters. The van der Waals surface area contributed by atoms with Gasteiger partial charge in [-0.15, -0.1) is 0 Å². The number of nitrogens with zero attached hydrogens (tertiary/aromatic N) is 3. The van der Waals surface area contributed by atoms with Crippen molar-refractivity contribution < 1.29 is 9.02 Å². The topological polar surface area (TPSA) is 67.6 Å². The molecule has 0 saturated heterocycles. The number of hydrogen-bond donors (Lipinski definition) is 1. The Hall–Kier alpha value is -2.24. The summed E-state index contributed by atoms with van der Waals surface area (Å²) >= 11 is 0. The van der Waals surface area contributed by atoms with E-state index in [1.54, 1.807) is 18.2 Å². The van der Waals surface area contributed by atoms with E-state index in [-0.39, 0.29) is 5.82 Å². The Morgan fingerprint density at radius 3 is 2.87 bits per heavy atom. The highest BCUT2D eigenvalue weighted by Crippen LogP contribution is 2.20. The number of halogens is 1. The molecule has 2 heterocycles. The number of benzene rings is 1. The van der Waals surface area contributed by atoms with E-state index in [1.807, 2.05) is 0 Å². The van der Waals surface area contributed by atoms with Crippen molar-refractivity contribution in [1.82, 2.24) is 20.3 Å². The van der Waals surface area contributed by atoms with Gasteiger partial charge in [-0.25, -0.2) is 14.0 Å². The Morgan fingerprint density at radius 2 is 2.07 bits per heavy atom. The van der Waals surface area contributed by atoms with Crippen LogP contribution in [0.1, 0.15) is 0 Å². The van der Waals surface area contributed by atoms with Crippen LogP contribution in [0.15, 0.2) is 28.9 Å². The summed E-state index contributed by atoms with van der Waals surface area (Å²) in [6, 6.07) is 6.35. The summed E-state index contributed by atoms with van der Waals surface area (Å²) in [4.78, 5) is 6.86. The molecule has 1 aromatic carbocycles. The van der Waals surface area contributed by atoms with Crippen LogP contribution in [0, 0.1) is 5.82 Å². The van der Waals surface area contributed by atoms with Crippen molar-refractivity contribution in [2.75, 3.05) is 0 Å². The lowest BCUT2D eigenvalue weighted by molar-refractivity contribution is 0.313. The van der Waals surface area contributed by atoms with E-state index in [2.05, 4.69) is 24.9 Å². The zero-order chi connectivity index (χ0) is 10.3. The molecule has 0 amide bonds. The third kappa shape index (κ3) is 1.18. The molecule has 1 N–H and O–H groups in total. The minimum Gasteiger partial charge on any atom is -0.318 e. The highest BCUT2D eigenvalue weighted by Gasteiger charge is 2.11. The van der Waals surface area contributed by atoms with Crippen molar-refractivity contribution in [2.24, 2.45) is 0 Å². The number of imidazole rings is 1. The number of fused-ring (bicyclic) bond motifs is 1. The molecule has 6 heteroatoms. The number of hydrogen-bond acceptors (Lipinski definition) is 4. The van der Waals surface area contributed by atoms with Crippen molar-refractivity contribution in [1.29, 1.82) is 0 Å². The number of rotatable bonds is 1. The summed E-state index contributed by atoms with van der Waals surface area (Å²) in [5, 5.41) is 7.11. The van der Waals surface area contributed by atoms with Gasteiger partial charge in [0.1, 0.15) is 11.6 Å². The van der Waals surface area contributed by atoms with Gasteiger partial charge in [0, 0.05) is 0 Å². The fourth-order valence-corrected chi connectivity index (χ4v) is 1.36. The predicted octanol–water partition coefficient (Wildman–Crippen LogP) is 1.75. The van der Waals surface area contributed by atoms with E-state index in [0.29, 0.717) is 22.7 Å². The Morgan fingerprint density at radius 1 is 1.20 bits per heavy atom. The fourth-order valence-electron chi connectivity index (χ4n) is 1.36. The molecule has 0 saturated carbocycles. The van der Waals surface area contributed by atoms with Crippen LogP contribution in [-0.2, 0) is 0 Å². The van der Waals surface area contributed by atoms with Gasteiger partial charge in [-0.05, 0) is 22.4 Å². The molecule has 2 aromatic heterocycles. The number of aromatic amines is 1. The maximum Gasteiger partial charge on any atom is 0.243 e. The molecule has 0 bridgehead atoms. The van der Waals surface area contributed by atoms with Crippen LogP contribution >= 0.6 is 0 Å². The van der Waals surface area contributed by atoms with Crippen molar-refractivity contribution in [3.8, 4) is 11.4 Å². The molecule has 15 heavy (non-hydrogen) atoms. The summed E-state index contributed by atoms with van der Waals surface area (Å²) < 4.78 is 17.8. The van der Waals surface area contributed by atoms with Crippen LogP contribution in [0.3, 0.4) is 0 Å². The molecule has 0 aliphatic rings. The predicted molar refractivity (Wildman–Crippen MR) is 49.3 cm³/mol. The van der Waals surface area contributed by atoms with Crippen molar-refractivity contribution in [2.45, 2.75) is 0 Å². The zero-order valence-corrected chi connectivity index (χ0v) is 7.44. The number of H-pyrrole nitrogens is 1. The largest absolute Gasteiger partial charge is 0.318 e. The maximum atomic E-state index is 13.4. The molecule has 0 atom stereocenters. The highest BCUT2D eigenvalue weighted by molar-refractivity contribution is 5.71. The second-order valence-electron chi connectivity index (χ2n) is 3.00. The van der Waals surface area contributed by atoms with Crippen molar-refractivity contribution in [3.05, 3.63) is 30.1 Å².